The van der Waals surface area contributed by atoms with E-state index in [1.54, 1.807) is 0 Å². The first kappa shape index (κ1) is 37.6. The first-order chi connectivity index (χ1) is 22.0. The summed E-state index contributed by atoms with van der Waals surface area (Å²) in [7, 11) is 0. The Kier molecular flexibility index (Phi) is 18.9. The third kappa shape index (κ3) is 14.2. The van der Waals surface area contributed by atoms with Crippen molar-refractivity contribution in [1.82, 2.24) is 0 Å². The molecule has 0 N–H and O–H groups in total. The van der Waals surface area contributed by atoms with Crippen LogP contribution in [0.4, 0.5) is 0 Å². The highest BCUT2D eigenvalue weighted by atomic mass is 16.6. The lowest BCUT2D eigenvalue weighted by molar-refractivity contribution is -0.158. The molecule has 3 rings (SSSR count). The lowest BCUT2D eigenvalue weighted by Crippen LogP contribution is -2.47. The SMILES string of the molecule is CC(C)=CCC/C(C)=C/COC(C(=O)OC1=CCCCCCCCC1)(C1=CCCCCCCCC1)C1=CCCCCCCCC1. The van der Waals surface area contributed by atoms with Crippen molar-refractivity contribution >= 4 is 5.97 Å². The van der Waals surface area contributed by atoms with Crippen LogP contribution >= 0.6 is 0 Å². The molecular formula is C42H68O3. The molecule has 0 saturated carbocycles. The Morgan fingerprint density at radius 1 is 0.622 bits per heavy atom. The van der Waals surface area contributed by atoms with E-state index in [0.29, 0.717) is 6.61 Å². The average molecular weight is 621 g/mol. The molecule has 0 aliphatic heterocycles. The van der Waals surface area contributed by atoms with Crippen molar-refractivity contribution in [1.29, 1.82) is 0 Å². The van der Waals surface area contributed by atoms with Gasteiger partial charge in [0, 0.05) is 6.42 Å². The van der Waals surface area contributed by atoms with Crippen LogP contribution in [0, 0.1) is 0 Å². The summed E-state index contributed by atoms with van der Waals surface area (Å²) in [4.78, 5) is 15.0. The minimum atomic E-state index is -1.13. The van der Waals surface area contributed by atoms with E-state index in [1.165, 1.54) is 119 Å². The van der Waals surface area contributed by atoms with Gasteiger partial charge in [-0.15, -0.1) is 0 Å². The molecule has 0 spiro atoms. The fourth-order valence-electron chi connectivity index (χ4n) is 7.24. The van der Waals surface area contributed by atoms with Crippen molar-refractivity contribution in [3.8, 4) is 0 Å². The van der Waals surface area contributed by atoms with Crippen molar-refractivity contribution in [3.63, 3.8) is 0 Å². The largest absolute Gasteiger partial charge is 0.429 e. The van der Waals surface area contributed by atoms with Gasteiger partial charge in [-0.05, 0) is 121 Å². The summed E-state index contributed by atoms with van der Waals surface area (Å²) in [5, 5.41) is 0. The molecular weight excluding hydrogens is 552 g/mol. The van der Waals surface area contributed by atoms with Crippen LogP contribution in [0.5, 0.6) is 0 Å². The maximum Gasteiger partial charge on any atom is 0.352 e. The van der Waals surface area contributed by atoms with E-state index < -0.39 is 5.60 Å². The van der Waals surface area contributed by atoms with Crippen LogP contribution in [0.25, 0.3) is 0 Å². The molecule has 0 aromatic carbocycles. The number of rotatable bonds is 10. The predicted molar refractivity (Wildman–Crippen MR) is 192 cm³/mol. The van der Waals surface area contributed by atoms with Gasteiger partial charge >= 0.3 is 5.97 Å². The smallest absolute Gasteiger partial charge is 0.352 e. The second kappa shape index (κ2) is 22.6. The molecule has 3 aliphatic carbocycles. The number of hydrogen-bond donors (Lipinski definition) is 0. The van der Waals surface area contributed by atoms with Crippen LogP contribution in [-0.2, 0) is 14.3 Å². The zero-order valence-corrected chi connectivity index (χ0v) is 29.7. The van der Waals surface area contributed by atoms with E-state index in [0.717, 1.165) is 76.4 Å². The highest BCUT2D eigenvalue weighted by Gasteiger charge is 2.48. The minimum Gasteiger partial charge on any atom is -0.429 e. The van der Waals surface area contributed by atoms with Gasteiger partial charge in [-0.25, -0.2) is 4.79 Å². The van der Waals surface area contributed by atoms with E-state index in [2.05, 4.69) is 51.2 Å². The predicted octanol–water partition coefficient (Wildman–Crippen LogP) is 13.1. The number of esters is 1. The number of allylic oxidation sites excluding steroid dienone is 7. The van der Waals surface area contributed by atoms with Gasteiger partial charge in [-0.2, -0.15) is 0 Å². The summed E-state index contributed by atoms with van der Waals surface area (Å²) >= 11 is 0. The van der Waals surface area contributed by atoms with Gasteiger partial charge in [0.15, 0.2) is 0 Å². The zero-order valence-electron chi connectivity index (χ0n) is 29.7. The van der Waals surface area contributed by atoms with Crippen LogP contribution in [0.3, 0.4) is 0 Å². The summed E-state index contributed by atoms with van der Waals surface area (Å²) in [6.45, 7) is 6.97. The van der Waals surface area contributed by atoms with Crippen molar-refractivity contribution in [2.24, 2.45) is 0 Å². The molecule has 0 radical (unpaired) electrons. The van der Waals surface area contributed by atoms with Crippen molar-refractivity contribution in [3.05, 3.63) is 58.4 Å². The summed E-state index contributed by atoms with van der Waals surface area (Å²) in [5.74, 6) is 0.706. The Morgan fingerprint density at radius 2 is 1.09 bits per heavy atom. The van der Waals surface area contributed by atoms with Crippen molar-refractivity contribution in [2.45, 2.75) is 193 Å². The van der Waals surface area contributed by atoms with Crippen molar-refractivity contribution < 1.29 is 14.3 Å². The van der Waals surface area contributed by atoms with Gasteiger partial charge < -0.3 is 9.47 Å². The van der Waals surface area contributed by atoms with Gasteiger partial charge in [-0.1, -0.05) is 113 Å². The first-order valence-electron chi connectivity index (χ1n) is 19.3. The van der Waals surface area contributed by atoms with Crippen LogP contribution in [-0.4, -0.2) is 18.2 Å². The molecule has 0 aromatic heterocycles. The lowest BCUT2D eigenvalue weighted by Gasteiger charge is -2.37. The topological polar surface area (TPSA) is 35.5 Å². The highest BCUT2D eigenvalue weighted by molar-refractivity contribution is 5.89. The summed E-state index contributed by atoms with van der Waals surface area (Å²) < 4.78 is 13.7. The first-order valence-corrected chi connectivity index (χ1v) is 19.3. The molecule has 0 saturated heterocycles. The standard InChI is InChI=1S/C42H68O3/c1-36(2)26-25-27-37(3)34-35-44-42(38-28-19-13-7-4-8-14-20-29-38,39-30-21-15-9-5-10-16-22-31-39)41(43)45-40-32-23-17-11-6-12-18-24-33-40/h26,28,30,32,34H,4-25,27,29,31,33,35H2,1-3H3/b37-34+,38-28?,39-30?,40-32?. The maximum atomic E-state index is 15.0. The third-order valence-corrected chi connectivity index (χ3v) is 10.1. The molecule has 0 fully saturated rings. The molecule has 0 unspecified atom stereocenters. The molecule has 0 bridgehead atoms. The van der Waals surface area contributed by atoms with Crippen LogP contribution in [0.15, 0.2) is 58.4 Å². The summed E-state index contributed by atoms with van der Waals surface area (Å²) in [6.07, 6.45) is 41.5. The monoisotopic (exact) mass is 621 g/mol. The Morgan fingerprint density at radius 3 is 1.62 bits per heavy atom. The van der Waals surface area contributed by atoms with E-state index in [-0.39, 0.29) is 5.97 Å². The maximum absolute atomic E-state index is 15.0. The number of carbonyl (C=O) groups is 1. The third-order valence-electron chi connectivity index (χ3n) is 10.1. The van der Waals surface area contributed by atoms with E-state index in [1.807, 2.05) is 0 Å². The summed E-state index contributed by atoms with van der Waals surface area (Å²) in [5.41, 5.74) is 3.90. The van der Waals surface area contributed by atoms with Gasteiger partial charge in [-0.3, -0.25) is 0 Å². The van der Waals surface area contributed by atoms with E-state index >= 15 is 4.79 Å². The molecule has 3 nitrogen and oxygen atoms in total. The van der Waals surface area contributed by atoms with Crippen LogP contribution < -0.4 is 0 Å². The normalized spacial score (nSPS) is 22.0. The molecule has 0 amide bonds. The highest BCUT2D eigenvalue weighted by Crippen LogP contribution is 2.40. The number of ether oxygens (including phenoxy) is 2. The quantitative estimate of drug-likeness (QED) is 0.180. The molecule has 45 heavy (non-hydrogen) atoms. The summed E-state index contributed by atoms with van der Waals surface area (Å²) in [6, 6.07) is 0. The Balaban J connectivity index is 2.05. The van der Waals surface area contributed by atoms with Crippen LogP contribution in [0.1, 0.15) is 188 Å². The molecule has 0 atom stereocenters. The fourth-order valence-corrected chi connectivity index (χ4v) is 7.24. The Labute approximate surface area is 278 Å². The molecule has 0 heterocycles. The molecule has 3 aliphatic rings. The average Bonchev–Trinajstić information content (AvgIpc) is 3.03. The minimum absolute atomic E-state index is 0.173. The second-order valence-electron chi connectivity index (χ2n) is 14.4. The number of carbonyl (C=O) groups excluding carboxylic acids is 1. The van der Waals surface area contributed by atoms with Gasteiger partial charge in [0.2, 0.25) is 5.60 Å². The second-order valence-corrected chi connectivity index (χ2v) is 14.4. The fraction of sp³-hybridized carbons (Fsp3) is 0.738. The van der Waals surface area contributed by atoms with E-state index in [4.69, 9.17) is 9.47 Å². The molecule has 0 aromatic rings. The Hall–Kier alpha value is -1.87. The van der Waals surface area contributed by atoms with Crippen LogP contribution in [0.2, 0.25) is 0 Å². The van der Waals surface area contributed by atoms with Crippen molar-refractivity contribution in [2.75, 3.05) is 6.61 Å². The lowest BCUT2D eigenvalue weighted by atomic mass is 9.78. The van der Waals surface area contributed by atoms with Gasteiger partial charge in [0.1, 0.15) is 5.76 Å². The van der Waals surface area contributed by atoms with Gasteiger partial charge in [0.05, 0.1) is 6.61 Å². The Bertz CT molecular complexity index is 969. The number of hydrogen-bond acceptors (Lipinski definition) is 3. The molecule has 3 heteroatoms. The van der Waals surface area contributed by atoms with Gasteiger partial charge in [0.25, 0.3) is 0 Å². The molecule has 254 valence electrons. The zero-order chi connectivity index (χ0) is 32.0. The van der Waals surface area contributed by atoms with E-state index in [9.17, 15) is 0 Å².